The van der Waals surface area contributed by atoms with Crippen molar-refractivity contribution in [1.82, 2.24) is 4.98 Å². The predicted octanol–water partition coefficient (Wildman–Crippen LogP) is 2.56. The fourth-order valence-corrected chi connectivity index (χ4v) is 1.76. The van der Waals surface area contributed by atoms with Gasteiger partial charge in [-0.15, -0.1) is 0 Å². The van der Waals surface area contributed by atoms with Crippen LogP contribution in [0, 0.1) is 0 Å². The van der Waals surface area contributed by atoms with Crippen LogP contribution in [0.5, 0.6) is 0 Å². The molecule has 0 aromatic carbocycles. The van der Waals surface area contributed by atoms with Crippen LogP contribution in [0.15, 0.2) is 24.3 Å². The first-order chi connectivity index (χ1) is 6.75. The van der Waals surface area contributed by atoms with E-state index in [9.17, 15) is 0 Å². The molecule has 0 fully saturated rings. The van der Waals surface area contributed by atoms with Gasteiger partial charge in [-0.3, -0.25) is 0 Å². The minimum Gasteiger partial charge on any atom is -0.366 e. The zero-order chi connectivity index (χ0) is 9.97. The normalized spacial score (nSPS) is 13.8. The molecule has 2 nitrogen and oxygen atoms in total. The maximum atomic E-state index is 4.57. The Morgan fingerprint density at radius 3 is 3.14 bits per heavy atom. The van der Waals surface area contributed by atoms with Crippen LogP contribution in [0.1, 0.15) is 24.6 Å². The highest BCUT2D eigenvalue weighted by Gasteiger charge is 2.11. The van der Waals surface area contributed by atoms with Crippen LogP contribution >= 0.6 is 0 Å². The van der Waals surface area contributed by atoms with E-state index in [4.69, 9.17) is 0 Å². The van der Waals surface area contributed by atoms with Crippen LogP contribution in [0.2, 0.25) is 0 Å². The van der Waals surface area contributed by atoms with Crippen molar-refractivity contribution in [3.8, 4) is 0 Å². The van der Waals surface area contributed by atoms with Crippen LogP contribution in [-0.2, 0) is 12.8 Å². The Morgan fingerprint density at radius 2 is 2.36 bits per heavy atom. The maximum absolute atomic E-state index is 4.57. The summed E-state index contributed by atoms with van der Waals surface area (Å²) in [5.74, 6) is 0.980. The summed E-state index contributed by atoms with van der Waals surface area (Å²) in [5.41, 5.74) is 3.83. The van der Waals surface area contributed by atoms with Crippen molar-refractivity contribution in [2.24, 2.45) is 0 Å². The Morgan fingerprint density at radius 1 is 1.50 bits per heavy atom. The van der Waals surface area contributed by atoms with Gasteiger partial charge in [0.15, 0.2) is 0 Å². The highest BCUT2D eigenvalue weighted by molar-refractivity contribution is 5.41. The summed E-state index contributed by atoms with van der Waals surface area (Å²) >= 11 is 0. The number of pyridine rings is 1. The van der Waals surface area contributed by atoms with Crippen LogP contribution in [-0.4, -0.2) is 11.5 Å². The summed E-state index contributed by atoms with van der Waals surface area (Å²) in [4.78, 5) is 4.57. The lowest BCUT2D eigenvalue weighted by Gasteiger charge is -2.06. The van der Waals surface area contributed by atoms with Gasteiger partial charge in [0.2, 0.25) is 0 Å². The van der Waals surface area contributed by atoms with Crippen molar-refractivity contribution in [3.05, 3.63) is 35.5 Å². The fourth-order valence-electron chi connectivity index (χ4n) is 1.76. The van der Waals surface area contributed by atoms with E-state index < -0.39 is 0 Å². The number of fused-ring (bicyclic) bond motifs is 1. The third-order valence-electron chi connectivity index (χ3n) is 2.50. The molecule has 1 aliphatic rings. The molecule has 1 aromatic heterocycles. The van der Waals surface area contributed by atoms with Gasteiger partial charge in [-0.1, -0.05) is 18.2 Å². The SMILES string of the molecule is C=C(C)CNc1ccc2c(n1)CCC2. The first-order valence-corrected chi connectivity index (χ1v) is 5.13. The molecule has 0 spiro atoms. The first kappa shape index (κ1) is 9.25. The predicted molar refractivity (Wildman–Crippen MR) is 59.6 cm³/mol. The molecule has 0 unspecified atom stereocenters. The van der Waals surface area contributed by atoms with Gasteiger partial charge in [-0.25, -0.2) is 4.98 Å². The van der Waals surface area contributed by atoms with Crippen molar-refractivity contribution in [2.45, 2.75) is 26.2 Å². The third kappa shape index (κ3) is 1.95. The first-order valence-electron chi connectivity index (χ1n) is 5.13. The Labute approximate surface area is 85.1 Å². The Balaban J connectivity index is 2.09. The summed E-state index contributed by atoms with van der Waals surface area (Å²) in [5, 5.41) is 3.26. The van der Waals surface area contributed by atoms with Gasteiger partial charge < -0.3 is 5.32 Å². The lowest BCUT2D eigenvalue weighted by Crippen LogP contribution is -2.04. The molecule has 74 valence electrons. The quantitative estimate of drug-likeness (QED) is 0.737. The van der Waals surface area contributed by atoms with Crippen molar-refractivity contribution >= 4 is 5.82 Å². The monoisotopic (exact) mass is 188 g/mol. The number of aromatic nitrogens is 1. The largest absolute Gasteiger partial charge is 0.366 e. The third-order valence-corrected chi connectivity index (χ3v) is 2.50. The highest BCUT2D eigenvalue weighted by Crippen LogP contribution is 2.21. The molecular weight excluding hydrogens is 172 g/mol. The van der Waals surface area contributed by atoms with Crippen LogP contribution in [0.3, 0.4) is 0 Å². The van der Waals surface area contributed by atoms with E-state index in [0.29, 0.717) is 0 Å². The Kier molecular flexibility index (Phi) is 2.53. The summed E-state index contributed by atoms with van der Waals surface area (Å²) in [6.45, 7) is 6.68. The second kappa shape index (κ2) is 3.82. The molecule has 2 heteroatoms. The minimum absolute atomic E-state index is 0.811. The molecule has 1 heterocycles. The van der Waals surface area contributed by atoms with E-state index in [1.54, 1.807) is 0 Å². The van der Waals surface area contributed by atoms with Crippen molar-refractivity contribution in [1.29, 1.82) is 0 Å². The van der Waals surface area contributed by atoms with E-state index in [0.717, 1.165) is 24.4 Å². The van der Waals surface area contributed by atoms with E-state index in [-0.39, 0.29) is 0 Å². The molecule has 0 saturated carbocycles. The van der Waals surface area contributed by atoms with Crippen LogP contribution < -0.4 is 5.32 Å². The standard InChI is InChI=1S/C12H16N2/c1-9(2)8-13-12-7-6-10-4-3-5-11(10)14-12/h6-7H,1,3-5,8H2,2H3,(H,13,14). The second-order valence-corrected chi connectivity index (χ2v) is 3.97. The molecule has 0 aliphatic heterocycles. The number of anilines is 1. The number of aryl methyl sites for hydroxylation is 2. The molecule has 1 aromatic rings. The van der Waals surface area contributed by atoms with E-state index >= 15 is 0 Å². The number of nitrogens with zero attached hydrogens (tertiary/aromatic N) is 1. The van der Waals surface area contributed by atoms with Gasteiger partial charge in [0.25, 0.3) is 0 Å². The zero-order valence-electron chi connectivity index (χ0n) is 8.64. The topological polar surface area (TPSA) is 24.9 Å². The minimum atomic E-state index is 0.811. The molecule has 0 atom stereocenters. The maximum Gasteiger partial charge on any atom is 0.126 e. The highest BCUT2D eigenvalue weighted by atomic mass is 15.0. The van der Waals surface area contributed by atoms with Crippen LogP contribution in [0.25, 0.3) is 0 Å². The average Bonchev–Trinajstić information content (AvgIpc) is 2.61. The number of hydrogen-bond donors (Lipinski definition) is 1. The smallest absolute Gasteiger partial charge is 0.126 e. The molecular formula is C12H16N2. The number of hydrogen-bond acceptors (Lipinski definition) is 2. The Hall–Kier alpha value is -1.31. The molecule has 0 saturated heterocycles. The summed E-state index contributed by atoms with van der Waals surface area (Å²) in [6, 6.07) is 4.25. The Bertz CT molecular complexity index is 355. The van der Waals surface area contributed by atoms with Crippen molar-refractivity contribution < 1.29 is 0 Å². The molecule has 14 heavy (non-hydrogen) atoms. The average molecular weight is 188 g/mol. The van der Waals surface area contributed by atoms with E-state index in [2.05, 4.69) is 29.0 Å². The molecule has 0 amide bonds. The summed E-state index contributed by atoms with van der Waals surface area (Å²) < 4.78 is 0. The molecule has 0 radical (unpaired) electrons. The molecule has 1 aliphatic carbocycles. The fraction of sp³-hybridized carbons (Fsp3) is 0.417. The zero-order valence-corrected chi connectivity index (χ0v) is 8.64. The molecule has 1 N–H and O–H groups in total. The summed E-state index contributed by atoms with van der Waals surface area (Å²) in [6.07, 6.45) is 3.59. The van der Waals surface area contributed by atoms with Crippen molar-refractivity contribution in [2.75, 3.05) is 11.9 Å². The van der Waals surface area contributed by atoms with Gasteiger partial charge in [0.05, 0.1) is 0 Å². The van der Waals surface area contributed by atoms with Gasteiger partial charge in [-0.2, -0.15) is 0 Å². The van der Waals surface area contributed by atoms with E-state index in [1.165, 1.54) is 24.1 Å². The van der Waals surface area contributed by atoms with E-state index in [1.807, 2.05) is 6.92 Å². The summed E-state index contributed by atoms with van der Waals surface area (Å²) in [7, 11) is 0. The second-order valence-electron chi connectivity index (χ2n) is 3.97. The van der Waals surface area contributed by atoms with Gasteiger partial charge >= 0.3 is 0 Å². The van der Waals surface area contributed by atoms with Gasteiger partial charge in [0, 0.05) is 12.2 Å². The lowest BCUT2D eigenvalue weighted by atomic mass is 10.2. The number of rotatable bonds is 3. The molecule has 2 rings (SSSR count). The van der Waals surface area contributed by atoms with Crippen LogP contribution in [0.4, 0.5) is 5.82 Å². The lowest BCUT2D eigenvalue weighted by molar-refractivity contribution is 0.899. The number of nitrogens with one attached hydrogen (secondary N) is 1. The van der Waals surface area contributed by atoms with Crippen molar-refractivity contribution in [3.63, 3.8) is 0 Å². The molecule has 0 bridgehead atoms. The van der Waals surface area contributed by atoms with Gasteiger partial charge in [-0.05, 0) is 37.8 Å². The van der Waals surface area contributed by atoms with Gasteiger partial charge in [0.1, 0.15) is 5.82 Å².